The van der Waals surface area contributed by atoms with Gasteiger partial charge in [0.1, 0.15) is 0 Å². The summed E-state index contributed by atoms with van der Waals surface area (Å²) in [5.74, 6) is 0. The van der Waals surface area contributed by atoms with Crippen LogP contribution >= 0.6 is 0 Å². The third-order valence-corrected chi connectivity index (χ3v) is 3.98. The average Bonchev–Trinajstić information content (AvgIpc) is 2.55. The molecule has 24 heavy (non-hydrogen) atoms. The van der Waals surface area contributed by atoms with Crippen molar-refractivity contribution >= 4 is 0 Å². The maximum Gasteiger partial charge on any atom is 0.255 e. The fraction of sp³-hybridized carbons (Fsp3) is 0.190. The van der Waals surface area contributed by atoms with Gasteiger partial charge in [-0.05, 0) is 61.5 Å². The molecule has 0 atom stereocenters. The van der Waals surface area contributed by atoms with Gasteiger partial charge in [0.2, 0.25) is 0 Å². The van der Waals surface area contributed by atoms with Crippen molar-refractivity contribution in [2.75, 3.05) is 14.1 Å². The summed E-state index contributed by atoms with van der Waals surface area (Å²) in [6, 6.07) is 20.0. The summed E-state index contributed by atoms with van der Waals surface area (Å²) in [5, 5.41) is 0. The van der Waals surface area contributed by atoms with E-state index in [-0.39, 0.29) is 5.56 Å². The van der Waals surface area contributed by atoms with Crippen LogP contribution in [-0.2, 0) is 6.54 Å². The molecule has 1 heterocycles. The number of rotatable bonds is 4. The van der Waals surface area contributed by atoms with E-state index in [1.807, 2.05) is 43.5 Å². The van der Waals surface area contributed by atoms with E-state index >= 15 is 0 Å². The van der Waals surface area contributed by atoms with E-state index in [9.17, 15) is 4.79 Å². The first-order valence-corrected chi connectivity index (χ1v) is 8.07. The summed E-state index contributed by atoms with van der Waals surface area (Å²) >= 11 is 0. The van der Waals surface area contributed by atoms with Gasteiger partial charge in [-0.1, -0.05) is 36.4 Å². The molecule has 0 N–H and O–H groups in total. The minimum atomic E-state index is -0.0198. The van der Waals surface area contributed by atoms with Crippen LogP contribution in [0.15, 0.2) is 71.7 Å². The van der Waals surface area contributed by atoms with Crippen LogP contribution in [-0.4, -0.2) is 23.6 Å². The Morgan fingerprint density at radius 3 is 2.29 bits per heavy atom. The molecule has 3 heteroatoms. The molecule has 3 aromatic rings. The summed E-state index contributed by atoms with van der Waals surface area (Å²) in [5.41, 5.74) is 5.43. The second-order valence-electron chi connectivity index (χ2n) is 6.40. The first-order valence-electron chi connectivity index (χ1n) is 8.07. The Hall–Kier alpha value is -2.65. The number of hydrogen-bond acceptors (Lipinski definition) is 2. The van der Waals surface area contributed by atoms with Gasteiger partial charge in [-0.25, -0.2) is 0 Å². The van der Waals surface area contributed by atoms with E-state index in [0.717, 1.165) is 28.9 Å². The van der Waals surface area contributed by atoms with Crippen molar-refractivity contribution in [2.24, 2.45) is 0 Å². The Morgan fingerprint density at radius 2 is 1.62 bits per heavy atom. The first kappa shape index (κ1) is 16.2. The minimum absolute atomic E-state index is 0.0198. The highest BCUT2D eigenvalue weighted by Gasteiger charge is 2.04. The highest BCUT2D eigenvalue weighted by Crippen LogP contribution is 2.20. The van der Waals surface area contributed by atoms with Gasteiger partial charge in [-0.3, -0.25) is 9.36 Å². The summed E-state index contributed by atoms with van der Waals surface area (Å²) in [6.45, 7) is 2.95. The lowest BCUT2D eigenvalue weighted by atomic mass is 10.1. The van der Waals surface area contributed by atoms with Crippen molar-refractivity contribution in [2.45, 2.75) is 13.5 Å². The lowest BCUT2D eigenvalue weighted by Gasteiger charge is -2.11. The number of aromatic nitrogens is 1. The SMILES string of the molecule is Cc1cccc(-n2cc(-c3ccc(CN(C)C)cc3)ccc2=O)c1. The zero-order valence-corrected chi connectivity index (χ0v) is 14.4. The lowest BCUT2D eigenvalue weighted by molar-refractivity contribution is 0.402. The topological polar surface area (TPSA) is 25.2 Å². The Labute approximate surface area is 142 Å². The van der Waals surface area contributed by atoms with Gasteiger partial charge in [-0.15, -0.1) is 0 Å². The molecule has 1 aromatic heterocycles. The number of pyridine rings is 1. The maximum absolute atomic E-state index is 12.2. The molecule has 2 aromatic carbocycles. The minimum Gasteiger partial charge on any atom is -0.305 e. The molecule has 0 bridgehead atoms. The highest BCUT2D eigenvalue weighted by molar-refractivity contribution is 5.63. The van der Waals surface area contributed by atoms with E-state index in [0.29, 0.717) is 0 Å². The zero-order chi connectivity index (χ0) is 17.1. The van der Waals surface area contributed by atoms with E-state index in [1.165, 1.54) is 5.56 Å². The van der Waals surface area contributed by atoms with Gasteiger partial charge < -0.3 is 4.90 Å². The molecule has 0 amide bonds. The lowest BCUT2D eigenvalue weighted by Crippen LogP contribution is -2.16. The van der Waals surface area contributed by atoms with E-state index in [1.54, 1.807) is 10.6 Å². The molecule has 0 saturated heterocycles. The summed E-state index contributed by atoms with van der Waals surface area (Å²) in [4.78, 5) is 14.4. The fourth-order valence-corrected chi connectivity index (χ4v) is 2.81. The van der Waals surface area contributed by atoms with Crippen molar-refractivity contribution in [3.63, 3.8) is 0 Å². The van der Waals surface area contributed by atoms with Gasteiger partial charge in [0, 0.05) is 24.5 Å². The molecule has 0 unspecified atom stereocenters. The zero-order valence-electron chi connectivity index (χ0n) is 14.4. The molecule has 3 nitrogen and oxygen atoms in total. The Morgan fingerprint density at radius 1 is 0.917 bits per heavy atom. The molecule has 0 saturated carbocycles. The summed E-state index contributed by atoms with van der Waals surface area (Å²) in [7, 11) is 4.12. The van der Waals surface area contributed by atoms with Crippen LogP contribution < -0.4 is 5.56 Å². The van der Waals surface area contributed by atoms with Crippen LogP contribution in [0.4, 0.5) is 0 Å². The van der Waals surface area contributed by atoms with Crippen LogP contribution in [0.1, 0.15) is 11.1 Å². The van der Waals surface area contributed by atoms with Gasteiger partial charge in [0.15, 0.2) is 0 Å². The third kappa shape index (κ3) is 3.63. The van der Waals surface area contributed by atoms with E-state index in [2.05, 4.69) is 43.3 Å². The fourth-order valence-electron chi connectivity index (χ4n) is 2.81. The quantitative estimate of drug-likeness (QED) is 0.729. The van der Waals surface area contributed by atoms with E-state index in [4.69, 9.17) is 0 Å². The summed E-state index contributed by atoms with van der Waals surface area (Å²) < 4.78 is 1.70. The van der Waals surface area contributed by atoms with Gasteiger partial charge >= 0.3 is 0 Å². The highest BCUT2D eigenvalue weighted by atomic mass is 16.1. The van der Waals surface area contributed by atoms with E-state index < -0.39 is 0 Å². The standard InChI is InChI=1S/C21H22N2O/c1-16-5-4-6-20(13-16)23-15-19(11-12-21(23)24)18-9-7-17(8-10-18)14-22(2)3/h4-13,15H,14H2,1-3H3. The number of nitrogens with zero attached hydrogens (tertiary/aromatic N) is 2. The monoisotopic (exact) mass is 318 g/mol. The Kier molecular flexibility index (Phi) is 4.63. The molecule has 3 rings (SSSR count). The number of hydrogen-bond donors (Lipinski definition) is 0. The average molecular weight is 318 g/mol. The van der Waals surface area contributed by atoms with Crippen molar-refractivity contribution in [1.82, 2.24) is 9.47 Å². The second kappa shape index (κ2) is 6.85. The molecule has 0 radical (unpaired) electrons. The second-order valence-corrected chi connectivity index (χ2v) is 6.40. The normalized spacial score (nSPS) is 11.0. The van der Waals surface area contributed by atoms with Crippen LogP contribution in [0.25, 0.3) is 16.8 Å². The van der Waals surface area contributed by atoms with Crippen molar-refractivity contribution < 1.29 is 0 Å². The third-order valence-electron chi connectivity index (χ3n) is 3.98. The molecule has 0 aliphatic rings. The molecule has 0 spiro atoms. The van der Waals surface area contributed by atoms with Crippen molar-refractivity contribution in [3.8, 4) is 16.8 Å². The largest absolute Gasteiger partial charge is 0.305 e. The van der Waals surface area contributed by atoms with Crippen molar-refractivity contribution in [3.05, 3.63) is 88.3 Å². The summed E-state index contributed by atoms with van der Waals surface area (Å²) in [6.07, 6.45) is 1.91. The Balaban J connectivity index is 1.98. The van der Waals surface area contributed by atoms with Crippen LogP contribution in [0.5, 0.6) is 0 Å². The predicted molar refractivity (Wildman–Crippen MR) is 99.6 cm³/mol. The van der Waals surface area contributed by atoms with Gasteiger partial charge in [-0.2, -0.15) is 0 Å². The number of aryl methyl sites for hydroxylation is 1. The predicted octanol–water partition coefficient (Wildman–Crippen LogP) is 3.87. The molecule has 122 valence electrons. The maximum atomic E-state index is 12.2. The first-order chi connectivity index (χ1) is 11.5. The van der Waals surface area contributed by atoms with Crippen LogP contribution in [0.2, 0.25) is 0 Å². The number of benzene rings is 2. The molecule has 0 aliphatic heterocycles. The molecular formula is C21H22N2O. The van der Waals surface area contributed by atoms with Gasteiger partial charge in [0.25, 0.3) is 5.56 Å². The molecular weight excluding hydrogens is 296 g/mol. The Bertz CT molecular complexity index is 892. The van der Waals surface area contributed by atoms with Crippen molar-refractivity contribution in [1.29, 1.82) is 0 Å². The van der Waals surface area contributed by atoms with Crippen LogP contribution in [0, 0.1) is 6.92 Å². The smallest absolute Gasteiger partial charge is 0.255 e. The molecule has 0 aliphatic carbocycles. The molecule has 0 fully saturated rings. The van der Waals surface area contributed by atoms with Crippen LogP contribution in [0.3, 0.4) is 0 Å². The van der Waals surface area contributed by atoms with Gasteiger partial charge in [0.05, 0.1) is 0 Å².